The molecular weight excluding hydrogens is 226 g/mol. The lowest BCUT2D eigenvalue weighted by molar-refractivity contribution is 0.838. The second kappa shape index (κ2) is 4.35. The highest BCUT2D eigenvalue weighted by molar-refractivity contribution is 7.15. The van der Waals surface area contributed by atoms with Crippen LogP contribution in [-0.4, -0.2) is 0 Å². The van der Waals surface area contributed by atoms with Crippen LogP contribution in [-0.2, 0) is 0 Å². The number of benzene rings is 1. The second-order valence-corrected chi connectivity index (χ2v) is 5.05. The largest absolute Gasteiger partial charge is 0.324 e. The summed E-state index contributed by atoms with van der Waals surface area (Å²) in [5.74, 6) is 0. The van der Waals surface area contributed by atoms with Gasteiger partial charge in [-0.2, -0.15) is 0 Å². The molecule has 0 bridgehead atoms. The molecule has 1 aromatic heterocycles. The van der Waals surface area contributed by atoms with Crippen molar-refractivity contribution < 1.29 is 0 Å². The minimum atomic E-state index is 0.0999. The molecule has 0 saturated heterocycles. The van der Waals surface area contributed by atoms with Gasteiger partial charge in [-0.3, -0.25) is 0 Å². The van der Waals surface area contributed by atoms with Crippen molar-refractivity contribution in [3.63, 3.8) is 0 Å². The molecule has 1 atom stereocenters. The van der Waals surface area contributed by atoms with Gasteiger partial charge in [-0.05, 0) is 36.8 Å². The van der Waals surface area contributed by atoms with Crippen LogP contribution in [0.4, 0.5) is 0 Å². The van der Waals surface area contributed by atoms with Crippen molar-refractivity contribution in [2.75, 3.05) is 0 Å². The average molecular weight is 238 g/mol. The normalized spacial score (nSPS) is 12.7. The number of thiophene rings is 1. The molecule has 0 fully saturated rings. The van der Waals surface area contributed by atoms with Gasteiger partial charge in [0.05, 0.1) is 0 Å². The quantitative estimate of drug-likeness (QED) is 0.837. The van der Waals surface area contributed by atoms with E-state index < -0.39 is 0 Å². The molecule has 0 radical (unpaired) electrons. The lowest BCUT2D eigenvalue weighted by atomic mass is 10.2. The molecule has 78 valence electrons. The van der Waals surface area contributed by atoms with Gasteiger partial charge in [0.15, 0.2) is 0 Å². The second-order valence-electron chi connectivity index (χ2n) is 3.50. The Morgan fingerprint density at radius 3 is 2.67 bits per heavy atom. The molecule has 0 aliphatic heterocycles. The van der Waals surface area contributed by atoms with Gasteiger partial charge in [0.1, 0.15) is 0 Å². The number of halogens is 1. The van der Waals surface area contributed by atoms with E-state index >= 15 is 0 Å². The van der Waals surface area contributed by atoms with E-state index in [4.69, 9.17) is 17.3 Å². The van der Waals surface area contributed by atoms with E-state index in [1.807, 2.05) is 25.1 Å². The van der Waals surface area contributed by atoms with Crippen LogP contribution in [0.1, 0.15) is 17.8 Å². The molecule has 15 heavy (non-hydrogen) atoms. The molecule has 1 aromatic carbocycles. The van der Waals surface area contributed by atoms with Crippen molar-refractivity contribution in [2.45, 2.75) is 13.0 Å². The summed E-state index contributed by atoms with van der Waals surface area (Å²) < 4.78 is 0. The number of nitrogens with two attached hydrogens (primary N) is 1. The molecule has 1 heterocycles. The standard InChI is InChI=1S/C12H12ClNS/c1-8(14)11-5-6-12(15-11)9-3-2-4-10(13)7-9/h2-8H,14H2,1H3. The maximum atomic E-state index is 5.94. The summed E-state index contributed by atoms with van der Waals surface area (Å²) in [5.41, 5.74) is 6.97. The molecule has 1 nitrogen and oxygen atoms in total. The maximum Gasteiger partial charge on any atom is 0.0412 e. The number of rotatable bonds is 2. The average Bonchev–Trinajstić information content (AvgIpc) is 2.66. The molecule has 0 aliphatic carbocycles. The zero-order chi connectivity index (χ0) is 10.8. The SMILES string of the molecule is CC(N)c1ccc(-c2cccc(Cl)c2)s1. The van der Waals surface area contributed by atoms with E-state index in [9.17, 15) is 0 Å². The molecule has 1 unspecified atom stereocenters. The summed E-state index contributed by atoms with van der Waals surface area (Å²) >= 11 is 7.66. The van der Waals surface area contributed by atoms with Crippen molar-refractivity contribution in [1.82, 2.24) is 0 Å². The van der Waals surface area contributed by atoms with Crippen LogP contribution in [0.3, 0.4) is 0 Å². The highest BCUT2D eigenvalue weighted by Crippen LogP contribution is 2.31. The molecule has 0 amide bonds. The Bertz CT molecular complexity index is 462. The number of hydrogen-bond acceptors (Lipinski definition) is 2. The van der Waals surface area contributed by atoms with Crippen molar-refractivity contribution in [1.29, 1.82) is 0 Å². The molecule has 2 rings (SSSR count). The molecular formula is C12H12ClNS. The Kier molecular flexibility index (Phi) is 3.10. The summed E-state index contributed by atoms with van der Waals surface area (Å²) in [5, 5.41) is 0.767. The Hall–Kier alpha value is -0.830. The van der Waals surface area contributed by atoms with E-state index in [2.05, 4.69) is 18.2 Å². The summed E-state index contributed by atoms with van der Waals surface area (Å²) in [4.78, 5) is 2.41. The van der Waals surface area contributed by atoms with Crippen LogP contribution in [0.25, 0.3) is 10.4 Å². The van der Waals surface area contributed by atoms with E-state index in [1.54, 1.807) is 11.3 Å². The van der Waals surface area contributed by atoms with E-state index in [1.165, 1.54) is 9.75 Å². The van der Waals surface area contributed by atoms with Crippen LogP contribution in [0, 0.1) is 0 Å². The first-order valence-electron chi connectivity index (χ1n) is 4.78. The zero-order valence-electron chi connectivity index (χ0n) is 8.41. The van der Waals surface area contributed by atoms with Crippen molar-refractivity contribution in [2.24, 2.45) is 5.73 Å². The first kappa shape index (κ1) is 10.7. The fraction of sp³-hybridized carbons (Fsp3) is 0.167. The number of hydrogen-bond donors (Lipinski definition) is 1. The smallest absolute Gasteiger partial charge is 0.0412 e. The summed E-state index contributed by atoms with van der Waals surface area (Å²) in [6.45, 7) is 1.99. The van der Waals surface area contributed by atoms with E-state index in [0.717, 1.165) is 10.6 Å². The lowest BCUT2D eigenvalue weighted by Crippen LogP contribution is -2.01. The van der Waals surface area contributed by atoms with Gasteiger partial charge < -0.3 is 5.73 Å². The predicted molar refractivity (Wildman–Crippen MR) is 67.4 cm³/mol. The maximum absolute atomic E-state index is 5.94. The topological polar surface area (TPSA) is 26.0 Å². The minimum absolute atomic E-state index is 0.0999. The lowest BCUT2D eigenvalue weighted by Gasteiger charge is -2.00. The van der Waals surface area contributed by atoms with Crippen LogP contribution in [0.2, 0.25) is 5.02 Å². The van der Waals surface area contributed by atoms with Gasteiger partial charge in [-0.25, -0.2) is 0 Å². The van der Waals surface area contributed by atoms with Gasteiger partial charge in [-0.1, -0.05) is 23.7 Å². The highest BCUT2D eigenvalue weighted by atomic mass is 35.5. The highest BCUT2D eigenvalue weighted by Gasteiger charge is 2.05. The van der Waals surface area contributed by atoms with Gasteiger partial charge in [0.25, 0.3) is 0 Å². The molecule has 0 saturated carbocycles. The van der Waals surface area contributed by atoms with Crippen LogP contribution in [0.5, 0.6) is 0 Å². The Balaban J connectivity index is 2.37. The fourth-order valence-electron chi connectivity index (χ4n) is 1.39. The molecule has 2 aromatic rings. The third-order valence-corrected chi connectivity index (χ3v) is 3.76. The first-order valence-corrected chi connectivity index (χ1v) is 5.97. The van der Waals surface area contributed by atoms with E-state index in [0.29, 0.717) is 0 Å². The molecule has 2 N–H and O–H groups in total. The van der Waals surface area contributed by atoms with Crippen LogP contribution in [0.15, 0.2) is 36.4 Å². The predicted octanol–water partition coefficient (Wildman–Crippen LogP) is 4.09. The Morgan fingerprint density at radius 2 is 2.07 bits per heavy atom. The monoisotopic (exact) mass is 237 g/mol. The molecule has 0 spiro atoms. The third kappa shape index (κ3) is 2.40. The van der Waals surface area contributed by atoms with E-state index in [-0.39, 0.29) is 6.04 Å². The fourth-order valence-corrected chi connectivity index (χ4v) is 2.54. The third-order valence-electron chi connectivity index (χ3n) is 2.18. The van der Waals surface area contributed by atoms with Gasteiger partial charge in [-0.15, -0.1) is 11.3 Å². The van der Waals surface area contributed by atoms with Gasteiger partial charge >= 0.3 is 0 Å². The summed E-state index contributed by atoms with van der Waals surface area (Å²) in [6.07, 6.45) is 0. The Labute approximate surface area is 98.5 Å². The van der Waals surface area contributed by atoms with Crippen molar-refractivity contribution in [3.8, 4) is 10.4 Å². The Morgan fingerprint density at radius 1 is 1.27 bits per heavy atom. The molecule has 0 aliphatic rings. The first-order chi connectivity index (χ1) is 7.16. The van der Waals surface area contributed by atoms with Crippen molar-refractivity contribution in [3.05, 3.63) is 46.3 Å². The molecule has 3 heteroatoms. The zero-order valence-corrected chi connectivity index (χ0v) is 9.98. The van der Waals surface area contributed by atoms with Crippen LogP contribution >= 0.6 is 22.9 Å². The minimum Gasteiger partial charge on any atom is -0.324 e. The van der Waals surface area contributed by atoms with Crippen LogP contribution < -0.4 is 5.73 Å². The van der Waals surface area contributed by atoms with Crippen molar-refractivity contribution >= 4 is 22.9 Å². The van der Waals surface area contributed by atoms with Gasteiger partial charge in [0, 0.05) is 20.8 Å². The van der Waals surface area contributed by atoms with Gasteiger partial charge in [0.2, 0.25) is 0 Å². The summed E-state index contributed by atoms with van der Waals surface area (Å²) in [7, 11) is 0. The summed E-state index contributed by atoms with van der Waals surface area (Å²) in [6, 6.07) is 12.1.